The molecule has 1 saturated heterocycles. The van der Waals surface area contributed by atoms with Gasteiger partial charge in [0.2, 0.25) is 0 Å². The molecule has 1 fully saturated rings. The third-order valence-corrected chi connectivity index (χ3v) is 6.55. The van der Waals surface area contributed by atoms with Gasteiger partial charge in [-0.2, -0.15) is 5.26 Å². The molecule has 0 aliphatic carbocycles. The van der Waals surface area contributed by atoms with Crippen LogP contribution in [0.2, 0.25) is 0 Å². The molecule has 0 unspecified atom stereocenters. The zero-order valence-electron chi connectivity index (χ0n) is 19.0. The predicted octanol–water partition coefficient (Wildman–Crippen LogP) is 3.92. The topological polar surface area (TPSA) is 73.6 Å². The summed E-state index contributed by atoms with van der Waals surface area (Å²) in [6.45, 7) is 10.4. The number of carbonyl (C=O) groups is 2. The summed E-state index contributed by atoms with van der Waals surface area (Å²) in [6.07, 6.45) is 4.26. The molecule has 6 nitrogen and oxygen atoms in total. The SMILES string of the molecule is CCOC(=O)C(C#N)=C1C(=O)N2c3c(cc(F)cc31)C(CN1CCC(C)CC1)=CC2(C)C. The molecule has 7 heteroatoms. The number of benzene rings is 1. The minimum absolute atomic E-state index is 0.0715. The van der Waals surface area contributed by atoms with Gasteiger partial charge in [0.1, 0.15) is 11.9 Å². The first kappa shape index (κ1) is 22.2. The van der Waals surface area contributed by atoms with Crippen molar-refractivity contribution in [2.45, 2.75) is 46.1 Å². The highest BCUT2D eigenvalue weighted by atomic mass is 19.1. The van der Waals surface area contributed by atoms with E-state index in [2.05, 4.69) is 11.8 Å². The van der Waals surface area contributed by atoms with Gasteiger partial charge in [0.25, 0.3) is 5.91 Å². The normalized spacial score (nSPS) is 21.7. The van der Waals surface area contributed by atoms with Gasteiger partial charge >= 0.3 is 5.97 Å². The first-order chi connectivity index (χ1) is 15.2. The number of amides is 1. The minimum atomic E-state index is -0.871. The van der Waals surface area contributed by atoms with Crippen LogP contribution in [0.3, 0.4) is 0 Å². The first-order valence-electron chi connectivity index (χ1n) is 11.1. The number of nitriles is 1. The van der Waals surface area contributed by atoms with Crippen molar-refractivity contribution in [3.8, 4) is 6.07 Å². The number of piperidine rings is 1. The molecule has 0 bridgehead atoms. The van der Waals surface area contributed by atoms with Crippen molar-refractivity contribution in [2.24, 2.45) is 5.92 Å². The molecular formula is C25H28FN3O3. The van der Waals surface area contributed by atoms with E-state index in [1.807, 2.05) is 26.0 Å². The fourth-order valence-corrected chi connectivity index (χ4v) is 4.96. The second-order valence-corrected chi connectivity index (χ2v) is 9.35. The molecular weight excluding hydrogens is 409 g/mol. The van der Waals surface area contributed by atoms with Crippen LogP contribution < -0.4 is 4.90 Å². The van der Waals surface area contributed by atoms with Crippen molar-refractivity contribution in [3.05, 3.63) is 40.7 Å². The summed E-state index contributed by atoms with van der Waals surface area (Å²) >= 11 is 0. The number of ether oxygens (including phenoxy) is 1. The third kappa shape index (κ3) is 3.63. The second-order valence-electron chi connectivity index (χ2n) is 9.35. The lowest BCUT2D eigenvalue weighted by atomic mass is 9.87. The molecule has 3 aliphatic rings. The van der Waals surface area contributed by atoms with E-state index in [1.165, 1.54) is 12.1 Å². The Balaban J connectivity index is 1.86. The van der Waals surface area contributed by atoms with E-state index in [0.29, 0.717) is 23.7 Å². The first-order valence-corrected chi connectivity index (χ1v) is 11.1. The summed E-state index contributed by atoms with van der Waals surface area (Å²) in [4.78, 5) is 29.9. The molecule has 0 spiro atoms. The van der Waals surface area contributed by atoms with E-state index in [0.717, 1.165) is 31.5 Å². The highest BCUT2D eigenvalue weighted by Gasteiger charge is 2.47. The molecule has 0 N–H and O–H groups in total. The van der Waals surface area contributed by atoms with Gasteiger partial charge in [-0.15, -0.1) is 0 Å². The molecule has 1 aromatic carbocycles. The molecule has 0 aromatic heterocycles. The molecule has 0 radical (unpaired) electrons. The van der Waals surface area contributed by atoms with Crippen LogP contribution in [-0.2, 0) is 14.3 Å². The van der Waals surface area contributed by atoms with Gasteiger partial charge in [0.05, 0.1) is 23.4 Å². The Hall–Kier alpha value is -2.98. The van der Waals surface area contributed by atoms with Gasteiger partial charge in [-0.1, -0.05) is 13.0 Å². The number of likely N-dealkylation sites (tertiary alicyclic amines) is 1. The number of halogens is 1. The van der Waals surface area contributed by atoms with Crippen molar-refractivity contribution in [3.63, 3.8) is 0 Å². The van der Waals surface area contributed by atoms with Gasteiger partial charge in [0, 0.05) is 17.7 Å². The van der Waals surface area contributed by atoms with E-state index in [-0.39, 0.29) is 23.3 Å². The van der Waals surface area contributed by atoms with E-state index >= 15 is 0 Å². The number of carbonyl (C=O) groups excluding carboxylic acids is 2. The van der Waals surface area contributed by atoms with Crippen molar-refractivity contribution < 1.29 is 18.7 Å². The summed E-state index contributed by atoms with van der Waals surface area (Å²) in [6, 6.07) is 4.51. The zero-order valence-corrected chi connectivity index (χ0v) is 19.0. The summed E-state index contributed by atoms with van der Waals surface area (Å²) in [5, 5.41) is 9.67. The van der Waals surface area contributed by atoms with E-state index in [4.69, 9.17) is 4.74 Å². The number of esters is 1. The number of hydrogen-bond acceptors (Lipinski definition) is 5. The van der Waals surface area contributed by atoms with Gasteiger partial charge in [0.15, 0.2) is 5.57 Å². The Labute approximate surface area is 187 Å². The van der Waals surface area contributed by atoms with Gasteiger partial charge in [-0.05, 0) is 70.3 Å². The number of rotatable bonds is 4. The van der Waals surface area contributed by atoms with Crippen molar-refractivity contribution in [1.29, 1.82) is 5.26 Å². The van der Waals surface area contributed by atoms with E-state index in [1.54, 1.807) is 11.8 Å². The molecule has 1 amide bonds. The Morgan fingerprint density at radius 2 is 1.94 bits per heavy atom. The Kier molecular flexibility index (Phi) is 5.68. The van der Waals surface area contributed by atoms with Crippen LogP contribution in [0.15, 0.2) is 23.8 Å². The smallest absolute Gasteiger partial charge is 0.349 e. The lowest BCUT2D eigenvalue weighted by molar-refractivity contribution is -0.138. The molecule has 0 saturated carbocycles. The van der Waals surface area contributed by atoms with Gasteiger partial charge in [-0.3, -0.25) is 14.6 Å². The molecule has 32 heavy (non-hydrogen) atoms. The van der Waals surface area contributed by atoms with Crippen LogP contribution in [0.25, 0.3) is 11.1 Å². The molecule has 168 valence electrons. The Bertz CT molecular complexity index is 1090. The van der Waals surface area contributed by atoms with E-state index in [9.17, 15) is 19.2 Å². The molecule has 4 rings (SSSR count). The van der Waals surface area contributed by atoms with Crippen molar-refractivity contribution in [2.75, 3.05) is 31.1 Å². The molecule has 3 aliphatic heterocycles. The highest BCUT2D eigenvalue weighted by molar-refractivity contribution is 6.38. The van der Waals surface area contributed by atoms with Crippen LogP contribution in [0, 0.1) is 23.1 Å². The van der Waals surface area contributed by atoms with Crippen molar-refractivity contribution in [1.82, 2.24) is 4.90 Å². The predicted molar refractivity (Wildman–Crippen MR) is 120 cm³/mol. The number of anilines is 1. The quantitative estimate of drug-likeness (QED) is 0.406. The maximum Gasteiger partial charge on any atom is 0.349 e. The fourth-order valence-electron chi connectivity index (χ4n) is 4.96. The lowest BCUT2D eigenvalue weighted by Crippen LogP contribution is -2.47. The fraction of sp³-hybridized carbons (Fsp3) is 0.480. The summed E-state index contributed by atoms with van der Waals surface area (Å²) < 4.78 is 19.8. The van der Waals surface area contributed by atoms with Crippen LogP contribution in [0.4, 0.5) is 10.1 Å². The highest BCUT2D eigenvalue weighted by Crippen LogP contribution is 2.50. The average molecular weight is 438 g/mol. The minimum Gasteiger partial charge on any atom is -0.462 e. The number of hydrogen-bond donors (Lipinski definition) is 0. The summed E-state index contributed by atoms with van der Waals surface area (Å²) in [5.74, 6) is -1.16. The Morgan fingerprint density at radius 1 is 1.28 bits per heavy atom. The zero-order chi connectivity index (χ0) is 23.2. The molecule has 3 heterocycles. The summed E-state index contributed by atoms with van der Waals surface area (Å²) in [7, 11) is 0. The standard InChI is InChI=1S/C25H28FN3O3/c1-5-32-24(31)20(13-27)21-19-11-17(26)10-18-16(14-28-8-6-15(2)7-9-28)12-25(3,4)29(22(18)19)23(21)30/h10-12,15H,5-9,14H2,1-4H3. The van der Waals surface area contributed by atoms with Gasteiger partial charge in [-0.25, -0.2) is 9.18 Å². The maximum absolute atomic E-state index is 14.8. The second kappa shape index (κ2) is 8.18. The van der Waals surface area contributed by atoms with Crippen LogP contribution in [0.1, 0.15) is 51.7 Å². The number of nitrogens with zero attached hydrogens (tertiary/aromatic N) is 3. The van der Waals surface area contributed by atoms with Crippen molar-refractivity contribution >= 4 is 28.7 Å². The average Bonchev–Trinajstić information content (AvgIpc) is 3.01. The third-order valence-electron chi connectivity index (χ3n) is 6.55. The largest absolute Gasteiger partial charge is 0.462 e. The lowest BCUT2D eigenvalue weighted by Gasteiger charge is -2.40. The van der Waals surface area contributed by atoms with Crippen LogP contribution in [0.5, 0.6) is 0 Å². The maximum atomic E-state index is 14.8. The Morgan fingerprint density at radius 3 is 2.56 bits per heavy atom. The molecule has 1 aromatic rings. The van der Waals surface area contributed by atoms with E-state index < -0.39 is 23.2 Å². The van der Waals surface area contributed by atoms with Gasteiger partial charge < -0.3 is 4.74 Å². The summed E-state index contributed by atoms with van der Waals surface area (Å²) in [5.41, 5.74) is 1.27. The van der Waals surface area contributed by atoms with Crippen LogP contribution >= 0.6 is 0 Å². The monoisotopic (exact) mass is 437 g/mol. The van der Waals surface area contributed by atoms with Crippen LogP contribution in [-0.4, -0.2) is 48.6 Å². The molecule has 0 atom stereocenters.